The van der Waals surface area contributed by atoms with Gasteiger partial charge in [0, 0.05) is 13.0 Å². The van der Waals surface area contributed by atoms with E-state index in [4.69, 9.17) is 5.11 Å². The summed E-state index contributed by atoms with van der Waals surface area (Å²) in [5.74, 6) is 0.930. The summed E-state index contributed by atoms with van der Waals surface area (Å²) < 4.78 is 2.27. The maximum absolute atomic E-state index is 11.0. The van der Waals surface area contributed by atoms with Gasteiger partial charge in [-0.1, -0.05) is 13.3 Å². The quantitative estimate of drug-likeness (QED) is 0.916. The predicted molar refractivity (Wildman–Crippen MR) is 73.4 cm³/mol. The number of carboxylic acid groups (broad SMARTS) is 1. The maximum Gasteiger partial charge on any atom is 0.335 e. The number of nitrogens with zero attached hydrogens (tertiary/aromatic N) is 2. The predicted octanol–water partition coefficient (Wildman–Crippen LogP) is 3.10. The first-order valence-electron chi connectivity index (χ1n) is 6.91. The van der Waals surface area contributed by atoms with Crippen LogP contribution in [0.5, 0.6) is 0 Å². The summed E-state index contributed by atoms with van der Waals surface area (Å²) in [5, 5.41) is 9.04. The van der Waals surface area contributed by atoms with Crippen molar-refractivity contribution in [3.8, 4) is 0 Å². The Morgan fingerprint density at radius 1 is 1.47 bits per heavy atom. The highest BCUT2D eigenvalue weighted by molar-refractivity contribution is 5.92. The number of hydrogen-bond donors (Lipinski definition) is 1. The molecule has 1 N–H and O–H groups in total. The summed E-state index contributed by atoms with van der Waals surface area (Å²) in [5.41, 5.74) is 2.17. The molecule has 0 radical (unpaired) electrons. The van der Waals surface area contributed by atoms with E-state index in [0.29, 0.717) is 5.56 Å². The Balaban J connectivity index is 2.05. The minimum atomic E-state index is -0.895. The first-order valence-corrected chi connectivity index (χ1v) is 6.91. The van der Waals surface area contributed by atoms with Crippen LogP contribution in [0.2, 0.25) is 0 Å². The average Bonchev–Trinajstić information content (AvgIpc) is 2.70. The molecule has 0 unspecified atom stereocenters. The normalized spacial score (nSPS) is 15.6. The second-order valence-electron chi connectivity index (χ2n) is 5.30. The Morgan fingerprint density at radius 3 is 2.84 bits per heavy atom. The third kappa shape index (κ3) is 2.11. The summed E-state index contributed by atoms with van der Waals surface area (Å²) in [6.07, 6.45) is 4.82. The summed E-state index contributed by atoms with van der Waals surface area (Å²) in [6.45, 7) is 3.11. The lowest BCUT2D eigenvalue weighted by atomic mass is 9.85. The molecule has 1 aromatic carbocycles. The Morgan fingerprint density at radius 2 is 2.26 bits per heavy atom. The first-order chi connectivity index (χ1) is 9.19. The van der Waals surface area contributed by atoms with Crippen molar-refractivity contribution in [1.82, 2.24) is 9.55 Å². The van der Waals surface area contributed by atoms with Gasteiger partial charge < -0.3 is 9.67 Å². The summed E-state index contributed by atoms with van der Waals surface area (Å²) in [7, 11) is 0. The van der Waals surface area contributed by atoms with E-state index in [1.165, 1.54) is 19.3 Å². The van der Waals surface area contributed by atoms with Crippen LogP contribution in [0, 0.1) is 5.92 Å². The van der Waals surface area contributed by atoms with Crippen LogP contribution in [0.3, 0.4) is 0 Å². The van der Waals surface area contributed by atoms with Gasteiger partial charge in [0.1, 0.15) is 5.82 Å². The molecule has 0 saturated heterocycles. The lowest BCUT2D eigenvalue weighted by Crippen LogP contribution is -2.19. The number of aromatic carboxylic acids is 1. The van der Waals surface area contributed by atoms with E-state index in [0.717, 1.165) is 35.7 Å². The molecule has 1 aromatic heterocycles. The third-order valence-corrected chi connectivity index (χ3v) is 4.06. The van der Waals surface area contributed by atoms with Crippen molar-refractivity contribution < 1.29 is 9.90 Å². The smallest absolute Gasteiger partial charge is 0.335 e. The van der Waals surface area contributed by atoms with Crippen molar-refractivity contribution in [3.05, 3.63) is 29.6 Å². The summed E-state index contributed by atoms with van der Waals surface area (Å²) >= 11 is 0. The van der Waals surface area contributed by atoms with Crippen molar-refractivity contribution in [2.24, 2.45) is 5.92 Å². The number of carboxylic acids is 1. The Kier molecular flexibility index (Phi) is 3.01. The van der Waals surface area contributed by atoms with Crippen molar-refractivity contribution in [3.63, 3.8) is 0 Å². The molecule has 1 saturated carbocycles. The SMILES string of the molecule is CCc1nc2cc(C(=O)O)ccc2n1CC1CCC1. The monoisotopic (exact) mass is 258 g/mol. The highest BCUT2D eigenvalue weighted by Gasteiger charge is 2.20. The largest absolute Gasteiger partial charge is 0.478 e. The zero-order valence-corrected chi connectivity index (χ0v) is 11.1. The van der Waals surface area contributed by atoms with Crippen LogP contribution in [0.15, 0.2) is 18.2 Å². The molecule has 1 heterocycles. The number of benzene rings is 1. The van der Waals surface area contributed by atoms with Gasteiger partial charge >= 0.3 is 5.97 Å². The van der Waals surface area contributed by atoms with Crippen LogP contribution < -0.4 is 0 Å². The molecule has 1 aliphatic carbocycles. The molecule has 0 spiro atoms. The zero-order chi connectivity index (χ0) is 13.4. The van der Waals surface area contributed by atoms with Gasteiger partial charge in [-0.2, -0.15) is 0 Å². The van der Waals surface area contributed by atoms with Gasteiger partial charge in [0.15, 0.2) is 0 Å². The van der Waals surface area contributed by atoms with E-state index in [1.54, 1.807) is 12.1 Å². The minimum Gasteiger partial charge on any atom is -0.478 e. The highest BCUT2D eigenvalue weighted by atomic mass is 16.4. The average molecular weight is 258 g/mol. The fourth-order valence-corrected chi connectivity index (χ4v) is 2.72. The van der Waals surface area contributed by atoms with Crippen LogP contribution in [0.1, 0.15) is 42.4 Å². The van der Waals surface area contributed by atoms with Crippen LogP contribution in [0.25, 0.3) is 11.0 Å². The summed E-state index contributed by atoms with van der Waals surface area (Å²) in [4.78, 5) is 15.6. The molecule has 0 bridgehead atoms. The van der Waals surface area contributed by atoms with E-state index in [9.17, 15) is 4.79 Å². The standard InChI is InChI=1S/C15H18N2O2/c1-2-14-16-12-8-11(15(18)19)6-7-13(12)17(14)9-10-4-3-5-10/h6-8,10H,2-5,9H2,1H3,(H,18,19). The van der Waals surface area contributed by atoms with Gasteiger partial charge in [-0.05, 0) is 37.0 Å². The Labute approximate surface area is 112 Å². The van der Waals surface area contributed by atoms with Gasteiger partial charge in [0.2, 0.25) is 0 Å². The van der Waals surface area contributed by atoms with Crippen LogP contribution >= 0.6 is 0 Å². The number of hydrogen-bond acceptors (Lipinski definition) is 2. The van der Waals surface area contributed by atoms with E-state index < -0.39 is 5.97 Å². The lowest BCUT2D eigenvalue weighted by Gasteiger charge is -2.26. The third-order valence-electron chi connectivity index (χ3n) is 4.06. The van der Waals surface area contributed by atoms with Crippen molar-refractivity contribution in [1.29, 1.82) is 0 Å². The second-order valence-corrected chi connectivity index (χ2v) is 5.30. The molecule has 0 atom stereocenters. The van der Waals surface area contributed by atoms with E-state index >= 15 is 0 Å². The number of aryl methyl sites for hydroxylation is 1. The molecule has 0 amide bonds. The molecule has 19 heavy (non-hydrogen) atoms. The number of imidazole rings is 1. The maximum atomic E-state index is 11.0. The second kappa shape index (κ2) is 4.68. The first kappa shape index (κ1) is 12.2. The molecule has 1 fully saturated rings. The van der Waals surface area contributed by atoms with Gasteiger partial charge in [0.25, 0.3) is 0 Å². The zero-order valence-electron chi connectivity index (χ0n) is 11.1. The van der Waals surface area contributed by atoms with Crippen molar-refractivity contribution in [2.45, 2.75) is 39.2 Å². The van der Waals surface area contributed by atoms with Gasteiger partial charge in [-0.15, -0.1) is 0 Å². The molecule has 0 aliphatic heterocycles. The van der Waals surface area contributed by atoms with E-state index in [1.807, 2.05) is 6.07 Å². The minimum absolute atomic E-state index is 0.309. The molecule has 2 aromatic rings. The fourth-order valence-electron chi connectivity index (χ4n) is 2.72. The van der Waals surface area contributed by atoms with E-state index in [-0.39, 0.29) is 0 Å². The van der Waals surface area contributed by atoms with E-state index in [2.05, 4.69) is 16.5 Å². The van der Waals surface area contributed by atoms with Crippen LogP contribution in [-0.4, -0.2) is 20.6 Å². The van der Waals surface area contributed by atoms with Gasteiger partial charge in [0.05, 0.1) is 16.6 Å². The molecule has 4 heteroatoms. The van der Waals surface area contributed by atoms with Crippen molar-refractivity contribution >= 4 is 17.0 Å². The molecule has 3 rings (SSSR count). The lowest BCUT2D eigenvalue weighted by molar-refractivity contribution is 0.0697. The number of carbonyl (C=O) groups is 1. The molecule has 100 valence electrons. The summed E-state index contributed by atoms with van der Waals surface area (Å²) in [6, 6.07) is 5.24. The molecular weight excluding hydrogens is 240 g/mol. The van der Waals surface area contributed by atoms with Gasteiger partial charge in [-0.3, -0.25) is 0 Å². The van der Waals surface area contributed by atoms with Gasteiger partial charge in [-0.25, -0.2) is 9.78 Å². The number of aromatic nitrogens is 2. The Hall–Kier alpha value is -1.84. The number of rotatable bonds is 4. The fraction of sp³-hybridized carbons (Fsp3) is 0.467. The van der Waals surface area contributed by atoms with Crippen molar-refractivity contribution in [2.75, 3.05) is 0 Å². The topological polar surface area (TPSA) is 55.1 Å². The van der Waals surface area contributed by atoms with Crippen LogP contribution in [0.4, 0.5) is 0 Å². The molecular formula is C15H18N2O2. The van der Waals surface area contributed by atoms with Crippen LogP contribution in [-0.2, 0) is 13.0 Å². The Bertz CT molecular complexity index is 626. The number of fused-ring (bicyclic) bond motifs is 1. The molecule has 1 aliphatic rings. The highest BCUT2D eigenvalue weighted by Crippen LogP contribution is 2.30. The molecule has 4 nitrogen and oxygen atoms in total.